The highest BCUT2D eigenvalue weighted by Gasteiger charge is 2.31. The Morgan fingerprint density at radius 3 is 2.21 bits per heavy atom. The molecule has 0 radical (unpaired) electrons. The van der Waals surface area contributed by atoms with Crippen LogP contribution in [0.1, 0.15) is 10.4 Å². The zero-order chi connectivity index (χ0) is 25.0. The van der Waals surface area contributed by atoms with Gasteiger partial charge in [-0.3, -0.25) is 14.5 Å². The number of rotatable bonds is 4. The van der Waals surface area contributed by atoms with E-state index in [1.165, 1.54) is 30.3 Å². The van der Waals surface area contributed by atoms with Gasteiger partial charge in [-0.1, -0.05) is 18.2 Å². The van der Waals surface area contributed by atoms with Crippen LogP contribution in [0, 0.1) is 5.41 Å². The van der Waals surface area contributed by atoms with Gasteiger partial charge in [0.05, 0.1) is 23.7 Å². The number of hydrogen-bond donors (Lipinski definition) is 4. The predicted molar refractivity (Wildman–Crippen MR) is 120 cm³/mol. The minimum atomic E-state index is -5.03. The summed E-state index contributed by atoms with van der Waals surface area (Å²) in [6, 6.07) is 11.1. The van der Waals surface area contributed by atoms with E-state index in [1.807, 2.05) is 0 Å². The number of ether oxygens (including phenoxy) is 1. The zero-order valence-corrected chi connectivity index (χ0v) is 18.9. The van der Waals surface area contributed by atoms with E-state index in [-0.39, 0.29) is 27.6 Å². The van der Waals surface area contributed by atoms with Gasteiger partial charge in [0.1, 0.15) is 0 Å². The smallest absolute Gasteiger partial charge is 0.338 e. The van der Waals surface area contributed by atoms with Crippen molar-refractivity contribution in [2.75, 3.05) is 12.8 Å². The van der Waals surface area contributed by atoms with Gasteiger partial charge in [-0.2, -0.15) is 16.8 Å². The standard InChI is InChI=1S/C21H16N2O9S2/c1-31-21(24)11-5-3-2-4-10(11)16-12-6-8-14(22)19(33(25,26)27)17(12)32-18-13(16)7-9-15(23)20(18)34(28,29)30/h2-9,22H,23H2,1H3,(H,25,26,27)(H,28,29,30). The fourth-order valence-electron chi connectivity index (χ4n) is 3.79. The maximum atomic E-state index is 12.5. The molecule has 2 aromatic carbocycles. The molecule has 0 fully saturated rings. The summed E-state index contributed by atoms with van der Waals surface area (Å²) < 4.78 is 78.6. The van der Waals surface area contributed by atoms with Gasteiger partial charge in [0, 0.05) is 16.5 Å². The van der Waals surface area contributed by atoms with E-state index in [4.69, 9.17) is 20.3 Å². The molecule has 5 N–H and O–H groups in total. The summed E-state index contributed by atoms with van der Waals surface area (Å²) in [7, 11) is -8.86. The van der Waals surface area contributed by atoms with Crippen LogP contribution in [0.3, 0.4) is 0 Å². The number of nitrogen functional groups attached to an aromatic ring is 1. The summed E-state index contributed by atoms with van der Waals surface area (Å²) in [6.07, 6.45) is 0. The lowest BCUT2D eigenvalue weighted by Gasteiger charge is -2.20. The van der Waals surface area contributed by atoms with E-state index >= 15 is 0 Å². The number of nitrogens with one attached hydrogen (secondary N) is 1. The lowest BCUT2D eigenvalue weighted by Crippen LogP contribution is -2.16. The Morgan fingerprint density at radius 2 is 1.59 bits per heavy atom. The van der Waals surface area contributed by atoms with Gasteiger partial charge in [-0.05, 0) is 35.9 Å². The molecular formula is C21H16N2O9S2. The van der Waals surface area contributed by atoms with Gasteiger partial charge in [-0.25, -0.2) is 4.79 Å². The molecule has 34 heavy (non-hydrogen) atoms. The molecule has 2 aromatic rings. The van der Waals surface area contributed by atoms with E-state index in [0.717, 1.165) is 13.2 Å². The fraction of sp³-hybridized carbons (Fsp3) is 0.0476. The van der Waals surface area contributed by atoms with Gasteiger partial charge in [0.2, 0.25) is 0 Å². The molecule has 11 nitrogen and oxygen atoms in total. The number of carbonyl (C=O) groups excluding carboxylic acids is 1. The Bertz CT molecular complexity index is 1740. The number of nitrogens with two attached hydrogens (primary N) is 1. The molecule has 0 spiro atoms. The van der Waals surface area contributed by atoms with Crippen LogP contribution in [0.4, 0.5) is 5.69 Å². The van der Waals surface area contributed by atoms with Gasteiger partial charge in [-0.15, -0.1) is 0 Å². The molecule has 0 bridgehead atoms. The average molecular weight is 504 g/mol. The Labute approximate surface area is 192 Å². The second-order valence-corrected chi connectivity index (χ2v) is 9.86. The van der Waals surface area contributed by atoms with Crippen LogP contribution in [0.5, 0.6) is 0 Å². The van der Waals surface area contributed by atoms with Crippen molar-refractivity contribution in [3.05, 3.63) is 59.5 Å². The van der Waals surface area contributed by atoms with Crippen molar-refractivity contribution in [2.45, 2.75) is 9.79 Å². The highest BCUT2D eigenvalue weighted by atomic mass is 32.2. The number of fused-ring (bicyclic) bond motifs is 2. The average Bonchev–Trinajstić information content (AvgIpc) is 2.75. The van der Waals surface area contributed by atoms with Gasteiger partial charge in [0.15, 0.2) is 21.1 Å². The molecule has 0 atom stereocenters. The molecule has 1 heterocycles. The van der Waals surface area contributed by atoms with Gasteiger partial charge >= 0.3 is 5.97 Å². The molecule has 2 aliphatic rings. The molecule has 1 aliphatic carbocycles. The number of benzene rings is 3. The number of methoxy groups -OCH3 is 1. The Hall–Kier alpha value is -3.78. The minimum Gasteiger partial charge on any atom is -0.465 e. The first-order chi connectivity index (χ1) is 15.9. The van der Waals surface area contributed by atoms with Crippen LogP contribution in [0.15, 0.2) is 62.7 Å². The Morgan fingerprint density at radius 1 is 0.941 bits per heavy atom. The minimum absolute atomic E-state index is 0.0264. The summed E-state index contributed by atoms with van der Waals surface area (Å²) in [5.41, 5.74) is 5.23. The maximum absolute atomic E-state index is 12.5. The highest BCUT2D eigenvalue weighted by molar-refractivity contribution is 7.86. The molecule has 176 valence electrons. The number of carbonyl (C=O) groups is 1. The van der Waals surface area contributed by atoms with Gasteiger partial charge in [0.25, 0.3) is 20.2 Å². The number of hydrogen-bond acceptors (Lipinski definition) is 9. The van der Waals surface area contributed by atoms with Crippen LogP contribution in [-0.2, 0) is 25.0 Å². The normalized spacial score (nSPS) is 12.2. The highest BCUT2D eigenvalue weighted by Crippen LogP contribution is 2.45. The van der Waals surface area contributed by atoms with Crippen LogP contribution in [0.25, 0.3) is 33.4 Å². The van der Waals surface area contributed by atoms with Crippen molar-refractivity contribution < 1.29 is 39.9 Å². The quantitative estimate of drug-likeness (QED) is 0.139. The summed E-state index contributed by atoms with van der Waals surface area (Å²) in [5.74, 6) is -1.32. The first kappa shape index (κ1) is 23.4. The molecular weight excluding hydrogens is 488 g/mol. The first-order valence-electron chi connectivity index (χ1n) is 9.35. The largest absolute Gasteiger partial charge is 0.465 e. The Kier molecular flexibility index (Phi) is 5.44. The number of anilines is 1. The van der Waals surface area contributed by atoms with Crippen molar-refractivity contribution in [3.8, 4) is 22.5 Å². The molecule has 0 unspecified atom stereocenters. The predicted octanol–water partition coefficient (Wildman–Crippen LogP) is 2.55. The molecule has 13 heteroatoms. The van der Waals surface area contributed by atoms with Crippen LogP contribution >= 0.6 is 0 Å². The third-order valence-electron chi connectivity index (χ3n) is 5.12. The molecule has 1 aliphatic heterocycles. The van der Waals surface area contributed by atoms with E-state index in [9.17, 15) is 30.7 Å². The maximum Gasteiger partial charge on any atom is 0.338 e. The lowest BCUT2D eigenvalue weighted by molar-refractivity contribution is 0.0601. The topological polar surface area (TPSA) is 198 Å². The molecule has 0 amide bonds. The SMILES string of the molecule is COC(=O)c1ccccc1-c1c2ccc(=N)c(S(=O)(=O)O)c-2oc2c(S(=O)(=O)O)c(N)ccc12. The molecule has 0 saturated heterocycles. The Balaban J connectivity index is 2.38. The third-order valence-corrected chi connectivity index (χ3v) is 6.97. The van der Waals surface area contributed by atoms with Gasteiger partial charge < -0.3 is 14.9 Å². The van der Waals surface area contributed by atoms with Crippen molar-refractivity contribution in [2.24, 2.45) is 0 Å². The first-order valence-corrected chi connectivity index (χ1v) is 12.2. The summed E-state index contributed by atoms with van der Waals surface area (Å²) in [6.45, 7) is 0. The molecule has 0 saturated carbocycles. The third kappa shape index (κ3) is 3.70. The van der Waals surface area contributed by atoms with Crippen LogP contribution < -0.4 is 11.1 Å². The van der Waals surface area contributed by atoms with E-state index < -0.39 is 58.4 Å². The summed E-state index contributed by atoms with van der Waals surface area (Å²) >= 11 is 0. The number of esters is 1. The summed E-state index contributed by atoms with van der Waals surface area (Å²) in [4.78, 5) is 10.7. The van der Waals surface area contributed by atoms with Crippen molar-refractivity contribution in [3.63, 3.8) is 0 Å². The van der Waals surface area contributed by atoms with E-state index in [0.29, 0.717) is 0 Å². The lowest BCUT2D eigenvalue weighted by atomic mass is 9.90. The van der Waals surface area contributed by atoms with Crippen molar-refractivity contribution >= 4 is 42.9 Å². The van der Waals surface area contributed by atoms with Crippen LogP contribution in [0.2, 0.25) is 0 Å². The molecule has 0 aromatic heterocycles. The van der Waals surface area contributed by atoms with Crippen LogP contribution in [-0.4, -0.2) is 39.0 Å². The fourth-order valence-corrected chi connectivity index (χ4v) is 5.27. The molecule has 4 rings (SSSR count). The second-order valence-electron chi connectivity index (χ2n) is 7.14. The van der Waals surface area contributed by atoms with Crippen molar-refractivity contribution in [1.29, 1.82) is 5.41 Å². The summed E-state index contributed by atoms with van der Waals surface area (Å²) in [5, 5.41) is 7.39. The zero-order valence-electron chi connectivity index (χ0n) is 17.3. The monoisotopic (exact) mass is 504 g/mol. The second kappa shape index (κ2) is 7.92. The van der Waals surface area contributed by atoms with E-state index in [2.05, 4.69) is 0 Å². The van der Waals surface area contributed by atoms with E-state index in [1.54, 1.807) is 12.1 Å². The van der Waals surface area contributed by atoms with Crippen molar-refractivity contribution in [1.82, 2.24) is 0 Å².